The van der Waals surface area contributed by atoms with Gasteiger partial charge in [0.1, 0.15) is 6.61 Å². The summed E-state index contributed by atoms with van der Waals surface area (Å²) in [4.78, 5) is 10.3. The molecule has 56 valence electrons. The lowest BCUT2D eigenvalue weighted by Crippen LogP contribution is -2.16. The van der Waals surface area contributed by atoms with Gasteiger partial charge in [0.2, 0.25) is 0 Å². The van der Waals surface area contributed by atoms with Crippen LogP contribution in [0.3, 0.4) is 0 Å². The lowest BCUT2D eigenvalue weighted by atomic mass is 10.3. The quantitative estimate of drug-likeness (QED) is 0.341. The van der Waals surface area contributed by atoms with Crippen LogP contribution in [0.4, 0.5) is 0 Å². The molecule has 0 amide bonds. The normalized spacial score (nSPS) is 11.7. The van der Waals surface area contributed by atoms with Crippen molar-refractivity contribution in [2.45, 2.75) is 19.4 Å². The van der Waals surface area contributed by atoms with Crippen molar-refractivity contribution < 1.29 is 14.6 Å². The average molecular weight is 142 g/mol. The summed E-state index contributed by atoms with van der Waals surface area (Å²) in [5.74, 6) is 1.04. The van der Waals surface area contributed by atoms with Crippen molar-refractivity contribution in [3.63, 3.8) is 0 Å². The zero-order valence-electron chi connectivity index (χ0n) is 5.83. The van der Waals surface area contributed by atoms with Crippen LogP contribution in [0.25, 0.3) is 0 Å². The summed E-state index contributed by atoms with van der Waals surface area (Å²) in [6, 6.07) is 0. The summed E-state index contributed by atoms with van der Waals surface area (Å²) < 4.78 is 4.42. The van der Waals surface area contributed by atoms with E-state index in [0.717, 1.165) is 0 Å². The maximum atomic E-state index is 10.3. The predicted molar refractivity (Wildman–Crippen MR) is 36.1 cm³/mol. The summed E-state index contributed by atoms with van der Waals surface area (Å²) in [5.41, 5.74) is 0. The first-order valence-corrected chi connectivity index (χ1v) is 3.02. The number of hydrogen-bond donors (Lipinski definition) is 1. The Morgan fingerprint density at radius 2 is 2.50 bits per heavy atom. The van der Waals surface area contributed by atoms with Crippen molar-refractivity contribution in [1.29, 1.82) is 0 Å². The Labute approximate surface area is 60.0 Å². The highest BCUT2D eigenvalue weighted by Gasteiger charge is 2.02. The zero-order valence-corrected chi connectivity index (χ0v) is 5.83. The van der Waals surface area contributed by atoms with Crippen molar-refractivity contribution >= 4 is 5.97 Å². The Morgan fingerprint density at radius 1 is 1.90 bits per heavy atom. The molecule has 0 aliphatic carbocycles. The van der Waals surface area contributed by atoms with Crippen LogP contribution in [-0.4, -0.2) is 23.8 Å². The van der Waals surface area contributed by atoms with E-state index in [4.69, 9.17) is 11.5 Å². The van der Waals surface area contributed by atoms with E-state index in [1.807, 2.05) is 0 Å². The van der Waals surface area contributed by atoms with Gasteiger partial charge in [-0.25, -0.2) is 4.79 Å². The van der Waals surface area contributed by atoms with E-state index in [1.165, 1.54) is 0 Å². The number of terminal acetylenes is 1. The van der Waals surface area contributed by atoms with Gasteiger partial charge in [-0.3, -0.25) is 0 Å². The van der Waals surface area contributed by atoms with Gasteiger partial charge in [-0.05, 0) is 6.42 Å². The Balaban J connectivity index is 3.37. The lowest BCUT2D eigenvalue weighted by molar-refractivity contribution is -0.139. The highest BCUT2D eigenvalue weighted by molar-refractivity contribution is 5.87. The summed E-state index contributed by atoms with van der Waals surface area (Å²) in [7, 11) is 0. The molecule has 0 aromatic heterocycles. The fourth-order valence-electron chi connectivity index (χ4n) is 0.331. The SMILES string of the molecule is C#CC(=O)OC[C@H](O)CC. The van der Waals surface area contributed by atoms with E-state index in [-0.39, 0.29) is 6.61 Å². The molecule has 0 unspecified atom stereocenters. The van der Waals surface area contributed by atoms with Crippen molar-refractivity contribution in [1.82, 2.24) is 0 Å². The van der Waals surface area contributed by atoms with Crippen molar-refractivity contribution in [2.75, 3.05) is 6.61 Å². The number of carbonyl (C=O) groups is 1. The highest BCUT2D eigenvalue weighted by Crippen LogP contribution is 1.90. The number of rotatable bonds is 3. The first-order chi connectivity index (χ1) is 4.70. The molecule has 0 rings (SSSR count). The minimum absolute atomic E-state index is 0.0144. The smallest absolute Gasteiger partial charge is 0.384 e. The van der Waals surface area contributed by atoms with E-state index >= 15 is 0 Å². The second-order valence-corrected chi connectivity index (χ2v) is 1.80. The fourth-order valence-corrected chi connectivity index (χ4v) is 0.331. The molecule has 0 fully saturated rings. The number of carbonyl (C=O) groups excluding carboxylic acids is 1. The van der Waals surface area contributed by atoms with Crippen LogP contribution in [0.1, 0.15) is 13.3 Å². The van der Waals surface area contributed by atoms with Crippen LogP contribution in [0.2, 0.25) is 0 Å². The summed E-state index contributed by atoms with van der Waals surface area (Å²) in [6.07, 6.45) is 4.65. The third-order valence-electron chi connectivity index (χ3n) is 0.996. The van der Waals surface area contributed by atoms with Gasteiger partial charge in [0.25, 0.3) is 0 Å². The minimum Gasteiger partial charge on any atom is -0.453 e. The van der Waals surface area contributed by atoms with E-state index in [2.05, 4.69) is 4.74 Å². The van der Waals surface area contributed by atoms with E-state index in [9.17, 15) is 4.79 Å². The first kappa shape index (κ1) is 8.99. The van der Waals surface area contributed by atoms with E-state index in [1.54, 1.807) is 12.8 Å². The molecule has 0 saturated heterocycles. The Morgan fingerprint density at radius 3 is 2.90 bits per heavy atom. The second kappa shape index (κ2) is 4.83. The summed E-state index contributed by atoms with van der Waals surface area (Å²) >= 11 is 0. The molecule has 10 heavy (non-hydrogen) atoms. The molecule has 1 N–H and O–H groups in total. The van der Waals surface area contributed by atoms with Crippen molar-refractivity contribution in [2.24, 2.45) is 0 Å². The van der Waals surface area contributed by atoms with Gasteiger partial charge in [0.15, 0.2) is 0 Å². The van der Waals surface area contributed by atoms with Gasteiger partial charge in [0, 0.05) is 5.92 Å². The molecule has 0 aromatic rings. The topological polar surface area (TPSA) is 46.5 Å². The van der Waals surface area contributed by atoms with Crippen LogP contribution < -0.4 is 0 Å². The number of ether oxygens (including phenoxy) is 1. The Hall–Kier alpha value is -1.01. The summed E-state index contributed by atoms with van der Waals surface area (Å²) in [6.45, 7) is 1.77. The highest BCUT2D eigenvalue weighted by atomic mass is 16.5. The molecule has 1 atom stereocenters. The lowest BCUT2D eigenvalue weighted by Gasteiger charge is -2.05. The molecule has 3 heteroatoms. The number of aliphatic hydroxyl groups excluding tert-OH is 1. The molecule has 0 radical (unpaired) electrons. The van der Waals surface area contributed by atoms with Gasteiger partial charge < -0.3 is 9.84 Å². The van der Waals surface area contributed by atoms with E-state index < -0.39 is 12.1 Å². The van der Waals surface area contributed by atoms with Gasteiger partial charge in [-0.2, -0.15) is 0 Å². The molecule has 3 nitrogen and oxygen atoms in total. The molecule has 0 saturated carbocycles. The van der Waals surface area contributed by atoms with Crippen molar-refractivity contribution in [3.05, 3.63) is 0 Å². The molecule has 0 aliphatic heterocycles. The maximum absolute atomic E-state index is 10.3. The number of aliphatic hydroxyl groups is 1. The summed E-state index contributed by atoms with van der Waals surface area (Å²) in [5, 5.41) is 8.86. The van der Waals surface area contributed by atoms with Crippen LogP contribution >= 0.6 is 0 Å². The van der Waals surface area contributed by atoms with Crippen LogP contribution in [0.5, 0.6) is 0 Å². The third kappa shape index (κ3) is 3.93. The maximum Gasteiger partial charge on any atom is 0.384 e. The van der Waals surface area contributed by atoms with Gasteiger partial charge in [-0.1, -0.05) is 6.92 Å². The number of hydrogen-bond acceptors (Lipinski definition) is 3. The Kier molecular flexibility index (Phi) is 4.34. The third-order valence-corrected chi connectivity index (χ3v) is 0.996. The van der Waals surface area contributed by atoms with Crippen LogP contribution in [0.15, 0.2) is 0 Å². The molecule has 0 aromatic carbocycles. The molecular weight excluding hydrogens is 132 g/mol. The monoisotopic (exact) mass is 142 g/mol. The second-order valence-electron chi connectivity index (χ2n) is 1.80. The number of esters is 1. The molecule has 0 spiro atoms. The molecule has 0 bridgehead atoms. The van der Waals surface area contributed by atoms with Crippen LogP contribution in [0, 0.1) is 12.3 Å². The standard InChI is InChI=1S/C7H10O3/c1-3-6(8)5-10-7(9)4-2/h2,6,8H,3,5H2,1H3/t6-/m1/s1. The predicted octanol–water partition coefficient (Wildman–Crippen LogP) is -0.0663. The zero-order chi connectivity index (χ0) is 7.98. The van der Waals surface area contributed by atoms with Gasteiger partial charge in [0.05, 0.1) is 6.10 Å². The Bertz CT molecular complexity index is 145. The van der Waals surface area contributed by atoms with Crippen molar-refractivity contribution in [3.8, 4) is 12.3 Å². The van der Waals surface area contributed by atoms with Crippen LogP contribution in [-0.2, 0) is 9.53 Å². The fraction of sp³-hybridized carbons (Fsp3) is 0.571. The largest absolute Gasteiger partial charge is 0.453 e. The first-order valence-electron chi connectivity index (χ1n) is 3.02. The minimum atomic E-state index is -0.729. The molecule has 0 heterocycles. The van der Waals surface area contributed by atoms with E-state index in [0.29, 0.717) is 6.42 Å². The van der Waals surface area contributed by atoms with Gasteiger partial charge >= 0.3 is 5.97 Å². The molecular formula is C7H10O3. The van der Waals surface area contributed by atoms with Gasteiger partial charge in [-0.15, -0.1) is 6.42 Å². The average Bonchev–Trinajstić information content (AvgIpc) is 1.99. The molecule has 0 aliphatic rings.